The van der Waals surface area contributed by atoms with Crippen LogP contribution >= 0.6 is 0 Å². The van der Waals surface area contributed by atoms with Gasteiger partial charge in [0.15, 0.2) is 12.6 Å². The van der Waals surface area contributed by atoms with Crippen LogP contribution in [0.15, 0.2) is 24.3 Å². The molecule has 0 saturated carbocycles. The molecule has 0 amide bonds. The number of hydrogen-bond acceptors (Lipinski definition) is 13. The molecule has 0 bridgehead atoms. The fourth-order valence-electron chi connectivity index (χ4n) is 3.76. The van der Waals surface area contributed by atoms with Crippen molar-refractivity contribution >= 4 is 0 Å². The SMILES string of the molecule is CC=CC#CC#CCC(O)C(C=CCCO)OC1OC(COC2OC(CO)C(O)C(O)C2O)C(O)C(O)C1O. The predicted octanol–water partition coefficient (Wildman–Crippen LogP) is -3.73. The summed E-state index contributed by atoms with van der Waals surface area (Å²) in [6, 6.07) is 0. The second-order valence-electron chi connectivity index (χ2n) is 8.93. The number of hydrogen-bond donors (Lipinski definition) is 9. The zero-order chi connectivity index (χ0) is 28.9. The van der Waals surface area contributed by atoms with E-state index in [1.165, 1.54) is 12.2 Å². The fraction of sp³-hybridized carbons (Fsp3) is 0.692. The minimum atomic E-state index is -1.76. The van der Waals surface area contributed by atoms with Crippen molar-refractivity contribution in [3.8, 4) is 23.7 Å². The van der Waals surface area contributed by atoms with Gasteiger partial charge in [0, 0.05) is 13.0 Å². The van der Waals surface area contributed by atoms with Gasteiger partial charge in [0.05, 0.1) is 19.3 Å². The van der Waals surface area contributed by atoms with E-state index in [-0.39, 0.29) is 19.4 Å². The molecule has 2 heterocycles. The maximum absolute atomic E-state index is 10.6. The van der Waals surface area contributed by atoms with Gasteiger partial charge >= 0.3 is 0 Å². The van der Waals surface area contributed by atoms with Crippen molar-refractivity contribution < 1.29 is 64.9 Å². The van der Waals surface area contributed by atoms with Crippen LogP contribution in [0.5, 0.6) is 0 Å². The summed E-state index contributed by atoms with van der Waals surface area (Å²) in [7, 11) is 0. The minimum absolute atomic E-state index is 0.0731. The molecule has 0 spiro atoms. The van der Waals surface area contributed by atoms with Gasteiger partial charge in [-0.05, 0) is 31.3 Å². The van der Waals surface area contributed by atoms with Crippen molar-refractivity contribution in [1.82, 2.24) is 0 Å². The molecular formula is C26H38O13. The van der Waals surface area contributed by atoms with E-state index in [4.69, 9.17) is 24.1 Å². The molecular weight excluding hydrogens is 520 g/mol. The average Bonchev–Trinajstić information content (AvgIpc) is 2.93. The van der Waals surface area contributed by atoms with Crippen molar-refractivity contribution in [2.24, 2.45) is 0 Å². The van der Waals surface area contributed by atoms with Crippen LogP contribution in [0.3, 0.4) is 0 Å². The topological polar surface area (TPSA) is 219 Å². The quantitative estimate of drug-likeness (QED) is 0.0881. The van der Waals surface area contributed by atoms with Gasteiger partial charge < -0.3 is 64.9 Å². The van der Waals surface area contributed by atoms with E-state index in [2.05, 4.69) is 23.7 Å². The average molecular weight is 559 g/mol. The molecule has 13 nitrogen and oxygen atoms in total. The summed E-state index contributed by atoms with van der Waals surface area (Å²) >= 11 is 0. The molecule has 9 N–H and O–H groups in total. The second kappa shape index (κ2) is 17.0. The Kier molecular flexibility index (Phi) is 14.5. The van der Waals surface area contributed by atoms with Gasteiger partial charge in [0.2, 0.25) is 0 Å². The summed E-state index contributed by atoms with van der Waals surface area (Å²) in [6.07, 6.45) is -11.6. The Hall–Kier alpha value is -1.92. The first-order valence-electron chi connectivity index (χ1n) is 12.5. The minimum Gasteiger partial charge on any atom is -0.396 e. The Bertz CT molecular complexity index is 901. The van der Waals surface area contributed by atoms with Crippen LogP contribution in [0.25, 0.3) is 0 Å². The normalized spacial score (nSPS) is 36.7. The highest BCUT2D eigenvalue weighted by Crippen LogP contribution is 2.27. The largest absolute Gasteiger partial charge is 0.396 e. The van der Waals surface area contributed by atoms with E-state index in [9.17, 15) is 40.9 Å². The molecule has 12 atom stereocenters. The molecule has 0 aromatic heterocycles. The summed E-state index contributed by atoms with van der Waals surface area (Å²) < 4.78 is 22.0. The first kappa shape index (κ1) is 33.3. The first-order chi connectivity index (χ1) is 18.7. The Labute approximate surface area is 226 Å². The lowest BCUT2D eigenvalue weighted by Crippen LogP contribution is -2.62. The van der Waals surface area contributed by atoms with Gasteiger partial charge in [-0.2, -0.15) is 0 Å². The van der Waals surface area contributed by atoms with Gasteiger partial charge in [-0.1, -0.05) is 30.1 Å². The van der Waals surface area contributed by atoms with E-state index in [0.29, 0.717) is 0 Å². The number of rotatable bonds is 11. The molecule has 0 radical (unpaired) electrons. The van der Waals surface area contributed by atoms with Gasteiger partial charge in [0.25, 0.3) is 0 Å². The van der Waals surface area contributed by atoms with E-state index >= 15 is 0 Å². The van der Waals surface area contributed by atoms with Crippen LogP contribution in [0.4, 0.5) is 0 Å². The van der Waals surface area contributed by atoms with Crippen LogP contribution in [0, 0.1) is 23.7 Å². The van der Waals surface area contributed by atoms with Gasteiger partial charge in [0.1, 0.15) is 54.9 Å². The second-order valence-corrected chi connectivity index (χ2v) is 8.93. The number of allylic oxidation sites excluding steroid dienone is 2. The lowest BCUT2D eigenvalue weighted by molar-refractivity contribution is -0.336. The van der Waals surface area contributed by atoms with Crippen LogP contribution in [-0.2, 0) is 18.9 Å². The lowest BCUT2D eigenvalue weighted by atomic mass is 9.98. The van der Waals surface area contributed by atoms with E-state index in [1.54, 1.807) is 19.1 Å². The molecule has 2 saturated heterocycles. The van der Waals surface area contributed by atoms with Crippen molar-refractivity contribution in [3.05, 3.63) is 24.3 Å². The molecule has 0 aromatic carbocycles. The van der Waals surface area contributed by atoms with Gasteiger partial charge in [-0.25, -0.2) is 0 Å². The molecule has 0 aromatic rings. The highest BCUT2D eigenvalue weighted by Gasteiger charge is 2.48. The molecule has 2 rings (SSSR count). The monoisotopic (exact) mass is 558 g/mol. The molecule has 39 heavy (non-hydrogen) atoms. The zero-order valence-electron chi connectivity index (χ0n) is 21.4. The van der Waals surface area contributed by atoms with Crippen LogP contribution in [0.1, 0.15) is 19.8 Å². The molecule has 13 heteroatoms. The van der Waals surface area contributed by atoms with Crippen LogP contribution in [-0.4, -0.2) is 139 Å². The Morgan fingerprint density at radius 2 is 1.49 bits per heavy atom. The third-order valence-corrected chi connectivity index (χ3v) is 6.02. The molecule has 2 aliphatic heterocycles. The number of aliphatic hydroxyl groups excluding tert-OH is 9. The van der Waals surface area contributed by atoms with Crippen molar-refractivity contribution in [2.45, 2.75) is 93.4 Å². The van der Waals surface area contributed by atoms with E-state index < -0.39 is 86.8 Å². The Morgan fingerprint density at radius 3 is 2.13 bits per heavy atom. The lowest BCUT2D eigenvalue weighted by Gasteiger charge is -2.43. The summed E-state index contributed by atoms with van der Waals surface area (Å²) in [5.74, 6) is 10.5. The third-order valence-electron chi connectivity index (χ3n) is 6.02. The maximum atomic E-state index is 10.6. The summed E-state index contributed by atoms with van der Waals surface area (Å²) in [4.78, 5) is 0. The Balaban J connectivity index is 2.10. The van der Waals surface area contributed by atoms with Crippen LogP contribution < -0.4 is 0 Å². The van der Waals surface area contributed by atoms with E-state index in [1.807, 2.05) is 0 Å². The standard InChI is InChI=1S/C26H38O13/c1-2-3-4-5-6-7-10-15(29)16(11-8-9-12-27)37-26-24(35)22(33)20(31)18(39-26)14-36-25-23(34)21(32)19(30)17(13-28)38-25/h2-3,8,11,15-35H,9-10,12-14H2,1H3. The maximum Gasteiger partial charge on any atom is 0.187 e. The molecule has 2 fully saturated rings. The first-order valence-corrected chi connectivity index (χ1v) is 12.5. The smallest absolute Gasteiger partial charge is 0.187 e. The third kappa shape index (κ3) is 9.60. The highest BCUT2D eigenvalue weighted by atomic mass is 16.7. The summed E-state index contributed by atoms with van der Waals surface area (Å²) in [5.41, 5.74) is 0. The number of ether oxygens (including phenoxy) is 4. The van der Waals surface area contributed by atoms with Gasteiger partial charge in [-0.3, -0.25) is 0 Å². The zero-order valence-corrected chi connectivity index (χ0v) is 21.4. The van der Waals surface area contributed by atoms with Crippen LogP contribution in [0.2, 0.25) is 0 Å². The van der Waals surface area contributed by atoms with Crippen molar-refractivity contribution in [3.63, 3.8) is 0 Å². The summed E-state index contributed by atoms with van der Waals surface area (Å²) in [5, 5.41) is 90.2. The fourth-order valence-corrected chi connectivity index (χ4v) is 3.76. The van der Waals surface area contributed by atoms with Crippen molar-refractivity contribution in [2.75, 3.05) is 19.8 Å². The molecule has 2 aliphatic rings. The summed E-state index contributed by atoms with van der Waals surface area (Å²) in [6.45, 7) is 0.437. The number of aliphatic hydroxyl groups is 9. The molecule has 220 valence electrons. The van der Waals surface area contributed by atoms with Gasteiger partial charge in [-0.15, -0.1) is 0 Å². The Morgan fingerprint density at radius 1 is 0.846 bits per heavy atom. The highest BCUT2D eigenvalue weighted by molar-refractivity contribution is 5.30. The molecule has 12 unspecified atom stereocenters. The molecule has 0 aliphatic carbocycles. The van der Waals surface area contributed by atoms with E-state index in [0.717, 1.165) is 0 Å². The predicted molar refractivity (Wildman–Crippen MR) is 133 cm³/mol. The van der Waals surface area contributed by atoms with Crippen molar-refractivity contribution in [1.29, 1.82) is 0 Å².